The van der Waals surface area contributed by atoms with Gasteiger partial charge in [0.25, 0.3) is 11.8 Å². The molecule has 1 aliphatic heterocycles. The highest BCUT2D eigenvalue weighted by Crippen LogP contribution is 2.42. The van der Waals surface area contributed by atoms with Crippen LogP contribution in [0, 0.1) is 0 Å². The van der Waals surface area contributed by atoms with Gasteiger partial charge in [-0.2, -0.15) is 0 Å². The number of fused-ring (bicyclic) bond motifs is 1. The van der Waals surface area contributed by atoms with Gasteiger partial charge in [-0.3, -0.25) is 9.59 Å². The molecule has 1 heterocycles. The van der Waals surface area contributed by atoms with E-state index in [0.29, 0.717) is 28.5 Å². The molecular weight excluding hydrogens is 400 g/mol. The van der Waals surface area contributed by atoms with Gasteiger partial charge in [0, 0.05) is 24.1 Å². The number of hydrogen-bond acceptors (Lipinski definition) is 5. The fourth-order valence-corrected chi connectivity index (χ4v) is 4.20. The summed E-state index contributed by atoms with van der Waals surface area (Å²) in [4.78, 5) is 28.4. The molecule has 2 amide bonds. The summed E-state index contributed by atoms with van der Waals surface area (Å²) in [7, 11) is 4.89. The number of amides is 2. The van der Waals surface area contributed by atoms with Crippen molar-refractivity contribution in [3.8, 4) is 11.5 Å². The second kappa shape index (κ2) is 9.71. The second-order valence-electron chi connectivity index (χ2n) is 6.88. The van der Waals surface area contributed by atoms with Gasteiger partial charge >= 0.3 is 0 Å². The number of methoxy groups -OCH3 is 2. The lowest BCUT2D eigenvalue weighted by molar-refractivity contribution is -0.114. The predicted molar refractivity (Wildman–Crippen MR) is 120 cm³/mol. The molecule has 0 aliphatic carbocycles. The normalized spacial score (nSPS) is 14.5. The monoisotopic (exact) mass is 426 g/mol. The molecule has 30 heavy (non-hydrogen) atoms. The highest BCUT2D eigenvalue weighted by Gasteiger charge is 2.27. The third-order valence-corrected chi connectivity index (χ3v) is 5.92. The number of nitrogens with one attached hydrogen (secondary N) is 1. The first kappa shape index (κ1) is 21.8. The Balaban J connectivity index is 1.86. The van der Waals surface area contributed by atoms with Crippen LogP contribution in [0.2, 0.25) is 0 Å². The first-order valence-corrected chi connectivity index (χ1v) is 10.6. The number of hydrogen-bond donors (Lipinski definition) is 1. The molecule has 0 fully saturated rings. The van der Waals surface area contributed by atoms with Crippen molar-refractivity contribution in [2.75, 3.05) is 32.7 Å². The number of carbonyl (C=O) groups excluding carboxylic acids is 2. The number of unbranched alkanes of at least 4 members (excludes halogenated alkanes) is 1. The van der Waals surface area contributed by atoms with Gasteiger partial charge in [-0.05, 0) is 48.4 Å². The third-order valence-electron chi connectivity index (χ3n) is 4.84. The van der Waals surface area contributed by atoms with Crippen LogP contribution in [0.4, 0.5) is 5.69 Å². The summed E-state index contributed by atoms with van der Waals surface area (Å²) >= 11 is 1.40. The average Bonchev–Trinajstić information content (AvgIpc) is 2.77. The summed E-state index contributed by atoms with van der Waals surface area (Å²) in [6.07, 6.45) is 3.79. The number of rotatable bonds is 7. The highest BCUT2D eigenvalue weighted by molar-refractivity contribution is 8.04. The predicted octanol–water partition coefficient (Wildman–Crippen LogP) is 4.34. The first-order valence-electron chi connectivity index (χ1n) is 9.80. The van der Waals surface area contributed by atoms with Crippen LogP contribution in [0.15, 0.2) is 46.2 Å². The molecule has 0 saturated heterocycles. The Morgan fingerprint density at radius 3 is 2.60 bits per heavy atom. The summed E-state index contributed by atoms with van der Waals surface area (Å²) in [6, 6.07) is 11.0. The standard InChI is InChI=1S/C23H26N2O4S/c1-5-6-11-24-22(26)16-8-10-20-17(14-16)25(2)23(27)21(30-20)13-15-7-9-18(28-3)19(12-15)29-4/h7-10,12-14H,5-6,11H2,1-4H3,(H,24,26)/b21-13-. The van der Waals surface area contributed by atoms with Crippen LogP contribution in [0.25, 0.3) is 6.08 Å². The van der Waals surface area contributed by atoms with Crippen molar-refractivity contribution in [1.82, 2.24) is 5.32 Å². The maximum absolute atomic E-state index is 12.9. The van der Waals surface area contributed by atoms with Crippen molar-refractivity contribution in [3.63, 3.8) is 0 Å². The van der Waals surface area contributed by atoms with Gasteiger partial charge in [-0.15, -0.1) is 0 Å². The molecule has 0 aromatic heterocycles. The Hall–Kier alpha value is -2.93. The fraction of sp³-hybridized carbons (Fsp3) is 0.304. The molecule has 3 rings (SSSR count). The van der Waals surface area contributed by atoms with Crippen LogP contribution in [-0.4, -0.2) is 39.6 Å². The summed E-state index contributed by atoms with van der Waals surface area (Å²) in [5.74, 6) is 0.997. The zero-order chi connectivity index (χ0) is 21.7. The minimum absolute atomic E-state index is 0.120. The zero-order valence-corrected chi connectivity index (χ0v) is 18.5. The Kier molecular flexibility index (Phi) is 7.05. The lowest BCUT2D eigenvalue weighted by Gasteiger charge is -2.27. The van der Waals surface area contributed by atoms with Gasteiger partial charge in [-0.25, -0.2) is 0 Å². The minimum atomic E-state index is -0.122. The van der Waals surface area contributed by atoms with Crippen molar-refractivity contribution in [2.45, 2.75) is 24.7 Å². The lowest BCUT2D eigenvalue weighted by Crippen LogP contribution is -2.31. The number of benzene rings is 2. The topological polar surface area (TPSA) is 67.9 Å². The Bertz CT molecular complexity index is 987. The molecule has 2 aromatic carbocycles. The number of carbonyl (C=O) groups is 2. The van der Waals surface area contributed by atoms with E-state index in [1.54, 1.807) is 38.3 Å². The maximum Gasteiger partial charge on any atom is 0.264 e. The minimum Gasteiger partial charge on any atom is -0.493 e. The van der Waals surface area contributed by atoms with Crippen LogP contribution in [0.3, 0.4) is 0 Å². The maximum atomic E-state index is 12.9. The average molecular weight is 427 g/mol. The molecule has 1 aliphatic rings. The summed E-state index contributed by atoms with van der Waals surface area (Å²) < 4.78 is 10.6. The van der Waals surface area contributed by atoms with Crippen molar-refractivity contribution in [1.29, 1.82) is 0 Å². The van der Waals surface area contributed by atoms with E-state index in [-0.39, 0.29) is 11.8 Å². The molecule has 1 N–H and O–H groups in total. The van der Waals surface area contributed by atoms with Crippen LogP contribution in [0.1, 0.15) is 35.7 Å². The van der Waals surface area contributed by atoms with E-state index in [9.17, 15) is 9.59 Å². The molecule has 2 aromatic rings. The molecule has 0 unspecified atom stereocenters. The largest absolute Gasteiger partial charge is 0.493 e. The van der Waals surface area contributed by atoms with E-state index in [2.05, 4.69) is 12.2 Å². The van der Waals surface area contributed by atoms with Crippen molar-refractivity contribution in [3.05, 3.63) is 52.4 Å². The smallest absolute Gasteiger partial charge is 0.264 e. The number of anilines is 1. The van der Waals surface area contributed by atoms with Crippen molar-refractivity contribution >= 4 is 35.3 Å². The Morgan fingerprint density at radius 1 is 1.13 bits per heavy atom. The molecular formula is C23H26N2O4S. The van der Waals surface area contributed by atoms with E-state index < -0.39 is 0 Å². The molecule has 7 heteroatoms. The highest BCUT2D eigenvalue weighted by atomic mass is 32.2. The van der Waals surface area contributed by atoms with Crippen LogP contribution in [0.5, 0.6) is 11.5 Å². The van der Waals surface area contributed by atoms with E-state index in [4.69, 9.17) is 9.47 Å². The van der Waals surface area contributed by atoms with Gasteiger partial charge in [0.05, 0.1) is 24.8 Å². The van der Waals surface area contributed by atoms with E-state index in [0.717, 1.165) is 29.0 Å². The molecule has 6 nitrogen and oxygen atoms in total. The SMILES string of the molecule is CCCCNC(=O)c1ccc2c(c1)N(C)C(=O)/C(=C/c1ccc(OC)c(OC)c1)S2. The fourth-order valence-electron chi connectivity index (χ4n) is 3.11. The Morgan fingerprint density at radius 2 is 1.90 bits per heavy atom. The third kappa shape index (κ3) is 4.62. The number of nitrogens with zero attached hydrogens (tertiary/aromatic N) is 1. The van der Waals surface area contributed by atoms with Gasteiger partial charge < -0.3 is 19.7 Å². The molecule has 0 atom stereocenters. The van der Waals surface area contributed by atoms with Crippen LogP contribution >= 0.6 is 11.8 Å². The number of thioether (sulfide) groups is 1. The van der Waals surface area contributed by atoms with Crippen molar-refractivity contribution < 1.29 is 19.1 Å². The number of likely N-dealkylation sites (N-methyl/N-ethyl adjacent to an activating group) is 1. The van der Waals surface area contributed by atoms with E-state index in [1.165, 1.54) is 11.8 Å². The second-order valence-corrected chi connectivity index (χ2v) is 7.96. The number of ether oxygens (including phenoxy) is 2. The van der Waals surface area contributed by atoms with Gasteiger partial charge in [0.2, 0.25) is 0 Å². The molecule has 0 bridgehead atoms. The quantitative estimate of drug-likeness (QED) is 0.527. The lowest BCUT2D eigenvalue weighted by atomic mass is 10.1. The molecule has 158 valence electrons. The van der Waals surface area contributed by atoms with Crippen molar-refractivity contribution in [2.24, 2.45) is 0 Å². The first-order chi connectivity index (χ1) is 14.5. The molecule has 0 radical (unpaired) electrons. The van der Waals surface area contributed by atoms with E-state index in [1.807, 2.05) is 30.3 Å². The summed E-state index contributed by atoms with van der Waals surface area (Å²) in [5, 5.41) is 2.91. The van der Waals surface area contributed by atoms with Gasteiger partial charge in [-0.1, -0.05) is 31.2 Å². The Labute approximate surface area is 181 Å². The summed E-state index contributed by atoms with van der Waals surface area (Å²) in [6.45, 7) is 2.73. The van der Waals surface area contributed by atoms with Crippen LogP contribution < -0.4 is 19.7 Å². The molecule has 0 spiro atoms. The molecule has 0 saturated carbocycles. The van der Waals surface area contributed by atoms with Gasteiger partial charge in [0.15, 0.2) is 11.5 Å². The van der Waals surface area contributed by atoms with Gasteiger partial charge in [0.1, 0.15) is 0 Å². The summed E-state index contributed by atoms with van der Waals surface area (Å²) in [5.41, 5.74) is 2.13. The van der Waals surface area contributed by atoms with Crippen LogP contribution in [-0.2, 0) is 4.79 Å². The van der Waals surface area contributed by atoms with E-state index >= 15 is 0 Å². The zero-order valence-electron chi connectivity index (χ0n) is 17.7.